The fraction of sp³-hybridized carbons (Fsp3) is 0.357. The molecule has 2 aliphatic rings. The lowest BCUT2D eigenvalue weighted by Gasteiger charge is -2.15. The molecule has 1 aromatic carbocycles. The minimum absolute atomic E-state index is 0.0948. The Bertz CT molecular complexity index is 533. The van der Waals surface area contributed by atoms with Gasteiger partial charge >= 0.3 is 6.03 Å². The van der Waals surface area contributed by atoms with Crippen LogP contribution in [0.15, 0.2) is 24.3 Å². The van der Waals surface area contributed by atoms with E-state index < -0.39 is 0 Å². The summed E-state index contributed by atoms with van der Waals surface area (Å²) >= 11 is 0. The number of hydrogen-bond acceptors (Lipinski definition) is 3. The van der Waals surface area contributed by atoms with E-state index in [2.05, 4.69) is 5.32 Å². The Morgan fingerprint density at radius 3 is 2.65 bits per heavy atom. The van der Waals surface area contributed by atoms with Crippen LogP contribution in [0.2, 0.25) is 0 Å². The predicted octanol–water partition coefficient (Wildman–Crippen LogP) is 1.18. The zero-order chi connectivity index (χ0) is 14.1. The molecule has 0 aliphatic carbocycles. The molecule has 1 atom stereocenters. The lowest BCUT2D eigenvalue weighted by molar-refractivity contribution is -0.128. The fourth-order valence-electron chi connectivity index (χ4n) is 2.78. The monoisotopic (exact) mass is 273 g/mol. The van der Waals surface area contributed by atoms with Crippen molar-refractivity contribution < 1.29 is 14.4 Å². The summed E-state index contributed by atoms with van der Waals surface area (Å²) in [6.07, 6.45) is 2.28. The molecule has 6 nitrogen and oxygen atoms in total. The molecule has 0 spiro atoms. The van der Waals surface area contributed by atoms with Crippen molar-refractivity contribution in [2.45, 2.75) is 25.4 Å². The molecule has 0 bridgehead atoms. The van der Waals surface area contributed by atoms with Gasteiger partial charge in [0.25, 0.3) is 5.91 Å². The van der Waals surface area contributed by atoms with Crippen molar-refractivity contribution >= 4 is 24.0 Å². The number of nitrogens with one attached hydrogen (secondary N) is 1. The highest BCUT2D eigenvalue weighted by molar-refractivity contribution is 6.04. The highest BCUT2D eigenvalue weighted by Gasteiger charge is 2.47. The Hall–Kier alpha value is -2.37. The number of imide groups is 1. The van der Waals surface area contributed by atoms with Gasteiger partial charge in [-0.3, -0.25) is 14.5 Å². The van der Waals surface area contributed by atoms with Gasteiger partial charge in [-0.2, -0.15) is 0 Å². The first-order chi connectivity index (χ1) is 9.70. The molecule has 4 amide bonds. The van der Waals surface area contributed by atoms with Gasteiger partial charge in [0, 0.05) is 12.2 Å². The largest absolute Gasteiger partial charge is 0.329 e. The van der Waals surface area contributed by atoms with Crippen molar-refractivity contribution in [1.29, 1.82) is 0 Å². The zero-order valence-electron chi connectivity index (χ0n) is 10.9. The second kappa shape index (κ2) is 4.96. The van der Waals surface area contributed by atoms with Gasteiger partial charge in [0.15, 0.2) is 0 Å². The number of anilines is 1. The van der Waals surface area contributed by atoms with Crippen LogP contribution in [0.4, 0.5) is 10.5 Å². The molecule has 2 heterocycles. The fourth-order valence-corrected chi connectivity index (χ4v) is 2.78. The summed E-state index contributed by atoms with van der Waals surface area (Å²) in [6.45, 7) is 0.958. The van der Waals surface area contributed by atoms with Gasteiger partial charge in [-0.1, -0.05) is 12.1 Å². The van der Waals surface area contributed by atoms with Crippen LogP contribution < -0.4 is 5.32 Å². The van der Waals surface area contributed by atoms with E-state index in [1.165, 1.54) is 4.90 Å². The van der Waals surface area contributed by atoms with Gasteiger partial charge in [-0.25, -0.2) is 4.79 Å². The molecular formula is C14H15N3O3. The van der Waals surface area contributed by atoms with E-state index in [-0.39, 0.29) is 24.5 Å². The lowest BCUT2D eigenvalue weighted by atomic mass is 10.1. The predicted molar refractivity (Wildman–Crippen MR) is 71.8 cm³/mol. The zero-order valence-corrected chi connectivity index (χ0v) is 10.9. The minimum atomic E-state index is -0.251. The maximum Gasteiger partial charge on any atom is 0.327 e. The number of nitrogens with zero attached hydrogens (tertiary/aromatic N) is 2. The highest BCUT2D eigenvalue weighted by atomic mass is 16.2. The van der Waals surface area contributed by atoms with E-state index in [1.54, 1.807) is 29.2 Å². The van der Waals surface area contributed by atoms with Crippen LogP contribution in [0.1, 0.15) is 18.4 Å². The average Bonchev–Trinajstić information content (AvgIpc) is 3.01. The summed E-state index contributed by atoms with van der Waals surface area (Å²) in [5, 5.41) is 2.54. The van der Waals surface area contributed by atoms with Crippen LogP contribution in [0.25, 0.3) is 0 Å². The Kier molecular flexibility index (Phi) is 3.14. The van der Waals surface area contributed by atoms with Crippen molar-refractivity contribution in [2.24, 2.45) is 0 Å². The topological polar surface area (TPSA) is 69.7 Å². The molecule has 1 N–H and O–H groups in total. The van der Waals surface area contributed by atoms with Gasteiger partial charge in [0.2, 0.25) is 6.41 Å². The number of carbonyl (C=O) groups is 3. The number of hydrogen-bond donors (Lipinski definition) is 1. The summed E-state index contributed by atoms with van der Waals surface area (Å²) in [7, 11) is 0. The van der Waals surface area contributed by atoms with E-state index in [4.69, 9.17) is 0 Å². The molecule has 2 saturated heterocycles. The van der Waals surface area contributed by atoms with Crippen molar-refractivity contribution in [3.8, 4) is 0 Å². The average molecular weight is 273 g/mol. The number of fused-ring (bicyclic) bond motifs is 1. The van der Waals surface area contributed by atoms with Crippen molar-refractivity contribution in [3.63, 3.8) is 0 Å². The lowest BCUT2D eigenvalue weighted by Crippen LogP contribution is -2.32. The first-order valence-electron chi connectivity index (χ1n) is 6.62. The van der Waals surface area contributed by atoms with Crippen LogP contribution in [-0.2, 0) is 16.1 Å². The van der Waals surface area contributed by atoms with E-state index in [9.17, 15) is 14.4 Å². The number of rotatable bonds is 4. The Labute approximate surface area is 116 Å². The number of benzene rings is 1. The van der Waals surface area contributed by atoms with Gasteiger partial charge < -0.3 is 10.2 Å². The molecule has 1 unspecified atom stereocenters. The molecule has 0 aromatic heterocycles. The van der Waals surface area contributed by atoms with Crippen LogP contribution >= 0.6 is 0 Å². The first-order valence-corrected chi connectivity index (χ1v) is 6.62. The standard InChI is InChI=1S/C14H15N3O3/c18-9-15-11-5-3-10(4-6-11)8-17-13(19)12-2-1-7-16(12)14(17)20/h3-6,9,12H,1-2,7-8H2,(H,15,18). The molecule has 0 radical (unpaired) electrons. The highest BCUT2D eigenvalue weighted by Crippen LogP contribution is 2.28. The summed E-state index contributed by atoms with van der Waals surface area (Å²) in [5.41, 5.74) is 1.55. The van der Waals surface area contributed by atoms with E-state index in [0.717, 1.165) is 18.4 Å². The summed E-state index contributed by atoms with van der Waals surface area (Å²) < 4.78 is 0. The SMILES string of the molecule is O=CNc1ccc(CN2C(=O)C3CCCN3C2=O)cc1. The summed E-state index contributed by atoms with van der Waals surface area (Å²) in [6, 6.07) is 6.66. The molecule has 2 aliphatic heterocycles. The Morgan fingerprint density at radius 1 is 1.25 bits per heavy atom. The van der Waals surface area contributed by atoms with Gasteiger partial charge in [-0.05, 0) is 30.5 Å². The van der Waals surface area contributed by atoms with Crippen LogP contribution in [0, 0.1) is 0 Å². The van der Waals surface area contributed by atoms with Crippen LogP contribution in [0.3, 0.4) is 0 Å². The molecule has 104 valence electrons. The Morgan fingerprint density at radius 2 is 2.00 bits per heavy atom. The quantitative estimate of drug-likeness (QED) is 0.661. The second-order valence-corrected chi connectivity index (χ2v) is 5.02. The first kappa shape index (κ1) is 12.7. The third kappa shape index (κ3) is 2.03. The number of urea groups is 1. The molecule has 1 aromatic rings. The summed E-state index contributed by atoms with van der Waals surface area (Å²) in [4.78, 5) is 37.6. The molecule has 2 fully saturated rings. The van der Waals surface area contributed by atoms with E-state index >= 15 is 0 Å². The van der Waals surface area contributed by atoms with E-state index in [0.29, 0.717) is 18.6 Å². The molecule has 6 heteroatoms. The molecular weight excluding hydrogens is 258 g/mol. The smallest absolute Gasteiger partial charge is 0.327 e. The maximum absolute atomic E-state index is 12.2. The third-order valence-corrected chi connectivity index (χ3v) is 3.80. The van der Waals surface area contributed by atoms with E-state index in [1.807, 2.05) is 0 Å². The van der Waals surface area contributed by atoms with Crippen LogP contribution in [0.5, 0.6) is 0 Å². The maximum atomic E-state index is 12.2. The Balaban J connectivity index is 1.73. The van der Waals surface area contributed by atoms with Gasteiger partial charge in [0.05, 0.1) is 6.54 Å². The summed E-state index contributed by atoms with van der Waals surface area (Å²) in [5.74, 6) is -0.0948. The number of carbonyl (C=O) groups excluding carboxylic acids is 3. The normalized spacial score (nSPS) is 21.3. The minimum Gasteiger partial charge on any atom is -0.329 e. The van der Waals surface area contributed by atoms with Gasteiger partial charge in [0.1, 0.15) is 6.04 Å². The van der Waals surface area contributed by atoms with Crippen molar-refractivity contribution in [2.75, 3.05) is 11.9 Å². The third-order valence-electron chi connectivity index (χ3n) is 3.80. The van der Waals surface area contributed by atoms with Crippen molar-refractivity contribution in [1.82, 2.24) is 9.80 Å². The van der Waals surface area contributed by atoms with Crippen LogP contribution in [-0.4, -0.2) is 40.7 Å². The molecule has 0 saturated carbocycles. The van der Waals surface area contributed by atoms with Crippen molar-refractivity contribution in [3.05, 3.63) is 29.8 Å². The second-order valence-electron chi connectivity index (χ2n) is 5.02. The number of amides is 4. The molecule has 3 rings (SSSR count). The van der Waals surface area contributed by atoms with Gasteiger partial charge in [-0.15, -0.1) is 0 Å². The molecule has 20 heavy (non-hydrogen) atoms.